The maximum atomic E-state index is 12.4. The van der Waals surface area contributed by atoms with E-state index in [1.165, 1.54) is 12.1 Å². The van der Waals surface area contributed by atoms with Crippen molar-refractivity contribution in [3.63, 3.8) is 0 Å². The van der Waals surface area contributed by atoms with E-state index in [-0.39, 0.29) is 29.9 Å². The normalized spacial score (nSPS) is 16.7. The Morgan fingerprint density at radius 1 is 1.14 bits per heavy atom. The van der Waals surface area contributed by atoms with Gasteiger partial charge in [-0.25, -0.2) is 13.1 Å². The van der Waals surface area contributed by atoms with Crippen LogP contribution in [0.4, 0.5) is 5.69 Å². The van der Waals surface area contributed by atoms with Gasteiger partial charge in [-0.15, -0.1) is 0 Å². The van der Waals surface area contributed by atoms with Crippen molar-refractivity contribution in [3.8, 4) is 5.75 Å². The monoisotopic (exact) mass is 404 g/mol. The molecule has 2 aromatic carbocycles. The summed E-state index contributed by atoms with van der Waals surface area (Å²) in [5.41, 5.74) is 1.40. The van der Waals surface area contributed by atoms with Gasteiger partial charge in [0, 0.05) is 18.8 Å². The molecule has 8 heteroatoms. The highest BCUT2D eigenvalue weighted by Gasteiger charge is 2.20. The van der Waals surface area contributed by atoms with E-state index in [1.54, 1.807) is 31.4 Å². The molecule has 0 unspecified atom stereocenters. The summed E-state index contributed by atoms with van der Waals surface area (Å²) in [6.07, 6.45) is 1.97. The maximum absolute atomic E-state index is 12.4. The number of ether oxygens (including phenoxy) is 2. The molecule has 1 saturated heterocycles. The third-order valence-electron chi connectivity index (χ3n) is 4.50. The van der Waals surface area contributed by atoms with E-state index in [9.17, 15) is 13.2 Å². The molecule has 0 saturated carbocycles. The molecular weight excluding hydrogens is 380 g/mol. The van der Waals surface area contributed by atoms with Crippen molar-refractivity contribution < 1.29 is 22.7 Å². The molecule has 1 aliphatic rings. The van der Waals surface area contributed by atoms with Crippen LogP contribution in [0, 0.1) is 0 Å². The van der Waals surface area contributed by atoms with Crippen LogP contribution >= 0.6 is 0 Å². The number of carbonyl (C=O) groups excluding carboxylic acids is 1. The molecule has 2 N–H and O–H groups in total. The lowest BCUT2D eigenvalue weighted by atomic mass is 10.1. The van der Waals surface area contributed by atoms with Crippen LogP contribution in [-0.2, 0) is 26.0 Å². The van der Waals surface area contributed by atoms with Gasteiger partial charge in [0.1, 0.15) is 5.75 Å². The fourth-order valence-corrected chi connectivity index (χ4v) is 4.01. The van der Waals surface area contributed by atoms with Gasteiger partial charge in [0.25, 0.3) is 0 Å². The SMILES string of the molecule is COc1ccc(CC(=O)Nc2ccc(S(=O)(=O)NC[C@@H]3CCCO3)cc2)cc1. The molecule has 7 nitrogen and oxygen atoms in total. The van der Waals surface area contributed by atoms with E-state index >= 15 is 0 Å². The molecule has 1 amide bonds. The highest BCUT2D eigenvalue weighted by atomic mass is 32.2. The molecule has 1 aliphatic heterocycles. The smallest absolute Gasteiger partial charge is 0.240 e. The highest BCUT2D eigenvalue weighted by molar-refractivity contribution is 7.89. The Balaban J connectivity index is 1.54. The molecular formula is C20H24N2O5S. The van der Waals surface area contributed by atoms with Crippen molar-refractivity contribution in [2.75, 3.05) is 25.6 Å². The van der Waals surface area contributed by atoms with Crippen molar-refractivity contribution >= 4 is 21.6 Å². The summed E-state index contributed by atoms with van der Waals surface area (Å²) in [4.78, 5) is 12.3. The Kier molecular flexibility index (Phi) is 6.66. The number of hydrogen-bond donors (Lipinski definition) is 2. The summed E-state index contributed by atoms with van der Waals surface area (Å²) in [6, 6.07) is 13.3. The molecule has 0 bridgehead atoms. The lowest BCUT2D eigenvalue weighted by Crippen LogP contribution is -2.31. The van der Waals surface area contributed by atoms with Gasteiger partial charge in [0.05, 0.1) is 24.5 Å². The maximum Gasteiger partial charge on any atom is 0.240 e. The van der Waals surface area contributed by atoms with Crippen LogP contribution in [0.3, 0.4) is 0 Å². The molecule has 1 atom stereocenters. The molecule has 2 aromatic rings. The van der Waals surface area contributed by atoms with E-state index in [1.807, 2.05) is 12.1 Å². The van der Waals surface area contributed by atoms with Gasteiger partial charge in [0.15, 0.2) is 0 Å². The lowest BCUT2D eigenvalue weighted by Gasteiger charge is -2.12. The molecule has 150 valence electrons. The Morgan fingerprint density at radius 2 is 1.86 bits per heavy atom. The fourth-order valence-electron chi connectivity index (χ4n) is 2.94. The van der Waals surface area contributed by atoms with Crippen molar-refractivity contribution in [3.05, 3.63) is 54.1 Å². The molecule has 0 spiro atoms. The first kappa shape index (κ1) is 20.3. The zero-order chi connectivity index (χ0) is 20.0. The standard InChI is InChI=1S/C20H24N2O5S/c1-26-17-8-4-15(5-9-17)13-20(23)22-16-6-10-19(11-7-16)28(24,25)21-14-18-3-2-12-27-18/h4-11,18,21H,2-3,12-14H2,1H3,(H,22,23)/t18-/m0/s1. The lowest BCUT2D eigenvalue weighted by molar-refractivity contribution is -0.115. The zero-order valence-electron chi connectivity index (χ0n) is 15.7. The highest BCUT2D eigenvalue weighted by Crippen LogP contribution is 2.17. The van der Waals surface area contributed by atoms with Crippen molar-refractivity contribution in [1.29, 1.82) is 0 Å². The van der Waals surface area contributed by atoms with Crippen LogP contribution in [0.25, 0.3) is 0 Å². The molecule has 0 radical (unpaired) electrons. The average Bonchev–Trinajstić information content (AvgIpc) is 3.21. The molecule has 28 heavy (non-hydrogen) atoms. The Morgan fingerprint density at radius 3 is 2.46 bits per heavy atom. The molecule has 1 heterocycles. The third-order valence-corrected chi connectivity index (χ3v) is 5.94. The van der Waals surface area contributed by atoms with Gasteiger partial charge in [-0.2, -0.15) is 0 Å². The fraction of sp³-hybridized carbons (Fsp3) is 0.350. The number of benzene rings is 2. The number of hydrogen-bond acceptors (Lipinski definition) is 5. The summed E-state index contributed by atoms with van der Waals surface area (Å²) < 4.78 is 37.8. The topological polar surface area (TPSA) is 93.7 Å². The molecule has 1 fully saturated rings. The number of nitrogens with one attached hydrogen (secondary N) is 2. The molecule has 0 aliphatic carbocycles. The average molecular weight is 404 g/mol. The van der Waals surface area contributed by atoms with Gasteiger partial charge >= 0.3 is 0 Å². The van der Waals surface area contributed by atoms with Gasteiger partial charge in [-0.3, -0.25) is 4.79 Å². The van der Waals surface area contributed by atoms with Crippen LogP contribution < -0.4 is 14.8 Å². The van der Waals surface area contributed by atoms with Crippen LogP contribution in [-0.4, -0.2) is 40.7 Å². The van der Waals surface area contributed by atoms with E-state index in [0.717, 1.165) is 24.2 Å². The summed E-state index contributed by atoms with van der Waals surface area (Å²) in [6.45, 7) is 0.944. The summed E-state index contributed by atoms with van der Waals surface area (Å²) in [7, 11) is -2.02. The van der Waals surface area contributed by atoms with Gasteiger partial charge < -0.3 is 14.8 Å². The van der Waals surface area contributed by atoms with Gasteiger partial charge in [0.2, 0.25) is 15.9 Å². The number of methoxy groups -OCH3 is 1. The summed E-state index contributed by atoms with van der Waals surface area (Å²) in [5.74, 6) is 0.548. The number of sulfonamides is 1. The predicted molar refractivity (Wildman–Crippen MR) is 106 cm³/mol. The van der Waals surface area contributed by atoms with Crippen LogP contribution in [0.2, 0.25) is 0 Å². The first-order valence-corrected chi connectivity index (χ1v) is 10.6. The zero-order valence-corrected chi connectivity index (χ0v) is 16.5. The van der Waals surface area contributed by atoms with Gasteiger partial charge in [-0.05, 0) is 54.8 Å². The van der Waals surface area contributed by atoms with E-state index < -0.39 is 10.0 Å². The first-order chi connectivity index (χ1) is 13.5. The van der Waals surface area contributed by atoms with Crippen molar-refractivity contribution in [1.82, 2.24) is 4.72 Å². The minimum absolute atomic E-state index is 0.0636. The number of rotatable bonds is 8. The second-order valence-electron chi connectivity index (χ2n) is 6.58. The Labute approximate surface area is 165 Å². The van der Waals surface area contributed by atoms with Crippen molar-refractivity contribution in [2.24, 2.45) is 0 Å². The van der Waals surface area contributed by atoms with Crippen LogP contribution in [0.15, 0.2) is 53.4 Å². The number of carbonyl (C=O) groups is 1. The minimum atomic E-state index is -3.60. The predicted octanol–water partition coefficient (Wildman–Crippen LogP) is 2.33. The second kappa shape index (κ2) is 9.18. The molecule has 3 rings (SSSR count). The Bertz CT molecular complexity index is 889. The third kappa shape index (κ3) is 5.54. The van der Waals surface area contributed by atoms with E-state index in [2.05, 4.69) is 10.0 Å². The van der Waals surface area contributed by atoms with E-state index in [4.69, 9.17) is 9.47 Å². The van der Waals surface area contributed by atoms with Crippen LogP contribution in [0.5, 0.6) is 5.75 Å². The largest absolute Gasteiger partial charge is 0.497 e. The Hall–Kier alpha value is -2.42. The number of anilines is 1. The molecule has 0 aromatic heterocycles. The second-order valence-corrected chi connectivity index (χ2v) is 8.35. The van der Waals surface area contributed by atoms with E-state index in [0.29, 0.717) is 12.3 Å². The first-order valence-electron chi connectivity index (χ1n) is 9.10. The summed E-state index contributed by atoms with van der Waals surface area (Å²) in [5, 5.41) is 2.77. The number of amides is 1. The quantitative estimate of drug-likeness (QED) is 0.704. The van der Waals surface area contributed by atoms with Crippen molar-refractivity contribution in [2.45, 2.75) is 30.3 Å². The van der Waals surface area contributed by atoms with Gasteiger partial charge in [-0.1, -0.05) is 12.1 Å². The minimum Gasteiger partial charge on any atom is -0.497 e. The van der Waals surface area contributed by atoms with Crippen LogP contribution in [0.1, 0.15) is 18.4 Å². The summed E-state index contributed by atoms with van der Waals surface area (Å²) >= 11 is 0.